The van der Waals surface area contributed by atoms with Crippen molar-refractivity contribution in [3.05, 3.63) is 47.3 Å². The maximum Gasteiger partial charge on any atom is 0.309 e. The normalized spacial score (nSPS) is 39.5. The van der Waals surface area contributed by atoms with Crippen molar-refractivity contribution in [2.24, 2.45) is 23.7 Å². The quantitative estimate of drug-likeness (QED) is 0.0974. The first kappa shape index (κ1) is 59.2. The number of likely N-dealkylation sites (N-methyl/N-ethyl adjacent to an activating group) is 2. The predicted octanol–water partition coefficient (Wildman–Crippen LogP) is 4.07. The first-order valence-electron chi connectivity index (χ1n) is 26.2. The lowest BCUT2D eigenvalue weighted by Gasteiger charge is -2.51. The summed E-state index contributed by atoms with van der Waals surface area (Å²) in [5, 5.41) is 72.2. The Morgan fingerprint density at radius 2 is 1.65 bits per heavy atom. The Balaban J connectivity index is 1.39. The van der Waals surface area contributed by atoms with Gasteiger partial charge in [0, 0.05) is 70.3 Å². The maximum absolute atomic E-state index is 14.6. The van der Waals surface area contributed by atoms with Gasteiger partial charge in [-0.2, -0.15) is 0 Å². The van der Waals surface area contributed by atoms with Crippen LogP contribution in [-0.4, -0.2) is 188 Å². The van der Waals surface area contributed by atoms with Gasteiger partial charge in [0.2, 0.25) is 0 Å². The van der Waals surface area contributed by atoms with Crippen molar-refractivity contribution in [2.45, 2.75) is 211 Å². The molecule has 71 heavy (non-hydrogen) atoms. The van der Waals surface area contributed by atoms with Crippen LogP contribution < -0.4 is 5.32 Å². The molecule has 6 N–H and O–H groups in total. The SMILES string of the molecule is CC[C@H]1OC(=O)[C@H](C)[C@@H](C2C[C@@](C)(OC)[C@@H](O)[C@H](C)O2)[C@H](C)[C@@H](O[C@@H]2O[C@H](C)C[C@H](N(C)CCc3cn(CCc4ccc(CNCCCF)cc4)nn3)[C@H]2O)[C@](C)(O)C[C@@H](C)CN(C)[C@H](C)[C@@H](O)[C@]1(C)O. The van der Waals surface area contributed by atoms with E-state index < -0.39 is 102 Å². The number of rotatable bonds is 17. The molecule has 406 valence electrons. The number of nitrogens with one attached hydrogen (secondary N) is 1. The molecular formula is C53H91FN6O11. The van der Waals surface area contributed by atoms with Gasteiger partial charge in [0.25, 0.3) is 0 Å². The molecule has 3 fully saturated rings. The summed E-state index contributed by atoms with van der Waals surface area (Å²) in [6, 6.07) is 7.44. The lowest BCUT2D eigenvalue weighted by molar-refractivity contribution is -0.302. The molecule has 0 aliphatic carbocycles. The van der Waals surface area contributed by atoms with Crippen molar-refractivity contribution in [3.63, 3.8) is 0 Å². The first-order valence-corrected chi connectivity index (χ1v) is 26.2. The van der Waals surface area contributed by atoms with E-state index in [0.29, 0.717) is 52.0 Å². The van der Waals surface area contributed by atoms with Crippen LogP contribution in [0.1, 0.15) is 118 Å². The number of aryl methyl sites for hydroxylation is 2. The van der Waals surface area contributed by atoms with Crippen LogP contribution >= 0.6 is 0 Å². The number of ether oxygens (including phenoxy) is 5. The fourth-order valence-corrected chi connectivity index (χ4v) is 11.7. The largest absolute Gasteiger partial charge is 0.459 e. The van der Waals surface area contributed by atoms with Gasteiger partial charge in [-0.05, 0) is 117 Å². The molecule has 0 radical (unpaired) electrons. The van der Waals surface area contributed by atoms with Gasteiger partial charge in [-0.1, -0.05) is 57.2 Å². The highest BCUT2D eigenvalue weighted by Gasteiger charge is 2.55. The van der Waals surface area contributed by atoms with E-state index in [9.17, 15) is 34.7 Å². The third-order valence-electron chi connectivity index (χ3n) is 16.2. The lowest BCUT2D eigenvalue weighted by atomic mass is 9.68. The minimum Gasteiger partial charge on any atom is -0.459 e. The zero-order valence-corrected chi connectivity index (χ0v) is 45.0. The number of benzene rings is 1. The fraction of sp³-hybridized carbons (Fsp3) is 0.830. The number of esters is 1. The summed E-state index contributed by atoms with van der Waals surface area (Å²) < 4.78 is 46.5. The molecule has 0 amide bonds. The zero-order chi connectivity index (χ0) is 52.6. The van der Waals surface area contributed by atoms with Crippen molar-refractivity contribution in [2.75, 3.05) is 47.5 Å². The lowest BCUT2D eigenvalue weighted by Crippen LogP contribution is -2.62. The van der Waals surface area contributed by atoms with Crippen molar-refractivity contribution >= 4 is 5.97 Å². The zero-order valence-electron chi connectivity index (χ0n) is 45.0. The summed E-state index contributed by atoms with van der Waals surface area (Å²) >= 11 is 0. The number of hydrogen-bond acceptors (Lipinski definition) is 16. The van der Waals surface area contributed by atoms with Crippen LogP contribution in [0, 0.1) is 23.7 Å². The third-order valence-corrected chi connectivity index (χ3v) is 16.2. The van der Waals surface area contributed by atoms with Crippen LogP contribution in [0.15, 0.2) is 30.5 Å². The molecular weight excluding hydrogens is 916 g/mol. The Morgan fingerprint density at radius 3 is 2.30 bits per heavy atom. The van der Waals surface area contributed by atoms with Crippen LogP contribution in [0.25, 0.3) is 0 Å². The number of aromatic nitrogens is 3. The summed E-state index contributed by atoms with van der Waals surface area (Å²) in [7, 11) is 5.35. The van der Waals surface area contributed by atoms with E-state index in [2.05, 4.69) is 44.8 Å². The summed E-state index contributed by atoms with van der Waals surface area (Å²) in [5.41, 5.74) is -1.29. The molecule has 0 bridgehead atoms. The van der Waals surface area contributed by atoms with Gasteiger partial charge in [-0.15, -0.1) is 5.10 Å². The van der Waals surface area contributed by atoms with E-state index >= 15 is 0 Å². The number of aliphatic hydroxyl groups excluding tert-OH is 3. The number of hydrogen-bond donors (Lipinski definition) is 6. The molecule has 18 heteroatoms. The summed E-state index contributed by atoms with van der Waals surface area (Å²) in [4.78, 5) is 18.6. The van der Waals surface area contributed by atoms with Crippen LogP contribution in [0.3, 0.4) is 0 Å². The number of nitrogens with zero attached hydrogens (tertiary/aromatic N) is 5. The highest BCUT2D eigenvalue weighted by atomic mass is 19.1. The number of halogens is 1. The van der Waals surface area contributed by atoms with Crippen LogP contribution in [0.5, 0.6) is 0 Å². The van der Waals surface area contributed by atoms with E-state index in [0.717, 1.165) is 17.7 Å². The average Bonchev–Trinajstić information content (AvgIpc) is 3.79. The van der Waals surface area contributed by atoms with Crippen molar-refractivity contribution in [1.29, 1.82) is 0 Å². The number of carbonyl (C=O) groups is 1. The second kappa shape index (κ2) is 25.7. The number of alkyl halides is 1. The molecule has 1 unspecified atom stereocenters. The molecule has 17 nitrogen and oxygen atoms in total. The second-order valence-corrected chi connectivity index (χ2v) is 22.3. The molecule has 0 saturated carbocycles. The van der Waals surface area contributed by atoms with Crippen LogP contribution in [-0.2, 0) is 54.4 Å². The summed E-state index contributed by atoms with van der Waals surface area (Å²) in [6.45, 7) is 20.7. The Labute approximate surface area is 423 Å². The van der Waals surface area contributed by atoms with E-state index in [1.807, 2.05) is 64.5 Å². The van der Waals surface area contributed by atoms with Crippen molar-refractivity contribution in [3.8, 4) is 0 Å². The van der Waals surface area contributed by atoms with Gasteiger partial charge < -0.3 is 64.3 Å². The second-order valence-electron chi connectivity index (χ2n) is 22.3. The molecule has 3 saturated heterocycles. The van der Waals surface area contributed by atoms with Gasteiger partial charge >= 0.3 is 5.97 Å². The summed E-state index contributed by atoms with van der Waals surface area (Å²) in [5.74, 6) is -3.11. The first-order chi connectivity index (χ1) is 33.4. The number of aliphatic hydroxyl groups is 5. The third kappa shape index (κ3) is 14.8. The summed E-state index contributed by atoms with van der Waals surface area (Å²) in [6.07, 6.45) is -3.44. The fourth-order valence-electron chi connectivity index (χ4n) is 11.7. The standard InChI is InChI=1S/C53H91FN6O11/c1-14-43-53(10,66)46(62)36(6)59(12)30-32(2)27-51(8,65)48(34(4)44(35(5)49(64)70-43)42-28-52(9,67-13)47(63)37(7)69-42)71-50-45(61)41(26-33(3)68-50)58(11)24-21-40-31-60(57-56-40)25-20-38-16-18-39(19-17-38)29-55-23-15-22-54/h16-19,31-37,41-48,50,55,61-63,65-66H,14-15,20-30H2,1-13H3/t32-,33-,34+,35-,36-,37+,41+,42?,43-,44+,45-,46-,47+,48-,50+,51-,52-,53-/m1/s1. The molecule has 3 aliphatic rings. The highest BCUT2D eigenvalue weighted by molar-refractivity contribution is 5.73. The molecule has 1 aromatic carbocycles. The monoisotopic (exact) mass is 1010 g/mol. The van der Waals surface area contributed by atoms with Gasteiger partial charge in [0.1, 0.15) is 30.0 Å². The van der Waals surface area contributed by atoms with E-state index in [4.69, 9.17) is 23.7 Å². The average molecular weight is 1010 g/mol. The number of cyclic esters (lactones) is 1. The van der Waals surface area contributed by atoms with E-state index in [-0.39, 0.29) is 38.0 Å². The molecule has 5 rings (SSSR count). The number of carbonyl (C=O) groups excluding carboxylic acids is 1. The number of methoxy groups -OCH3 is 1. The topological polar surface area (TPSA) is 214 Å². The Bertz CT molecular complexity index is 1930. The molecule has 3 aliphatic heterocycles. The molecule has 18 atom stereocenters. The maximum atomic E-state index is 14.6. The predicted molar refractivity (Wildman–Crippen MR) is 268 cm³/mol. The van der Waals surface area contributed by atoms with Crippen LogP contribution in [0.4, 0.5) is 4.39 Å². The van der Waals surface area contributed by atoms with E-state index in [1.54, 1.807) is 27.7 Å². The Kier molecular flexibility index (Phi) is 21.4. The van der Waals surface area contributed by atoms with Gasteiger partial charge in [-0.25, -0.2) is 0 Å². The van der Waals surface area contributed by atoms with Gasteiger partial charge in [0.05, 0.1) is 53.9 Å². The Hall–Kier alpha value is -2.72. The van der Waals surface area contributed by atoms with Gasteiger partial charge in [-0.3, -0.25) is 13.9 Å². The van der Waals surface area contributed by atoms with E-state index in [1.165, 1.54) is 19.6 Å². The molecule has 4 heterocycles. The molecule has 1 aromatic heterocycles. The molecule has 2 aromatic rings. The van der Waals surface area contributed by atoms with Crippen molar-refractivity contribution in [1.82, 2.24) is 30.1 Å². The Morgan fingerprint density at radius 1 is 0.972 bits per heavy atom. The van der Waals surface area contributed by atoms with Crippen LogP contribution in [0.2, 0.25) is 0 Å². The smallest absolute Gasteiger partial charge is 0.309 e. The molecule has 0 spiro atoms. The minimum absolute atomic E-state index is 0.167. The minimum atomic E-state index is -1.81. The highest BCUT2D eigenvalue weighted by Crippen LogP contribution is 2.45. The van der Waals surface area contributed by atoms with Crippen molar-refractivity contribution < 1.29 is 58.4 Å². The van der Waals surface area contributed by atoms with Gasteiger partial charge in [0.15, 0.2) is 6.29 Å².